The standard InChI is InChI=1S/C17H18BrN9S2/c1-25(2)9-10-26-17(21-23-24-26)29-14-7-8-19-15-20-16(22-27(14)15)28-11-12-3-5-13(18)6-4-12/h3-8H,9-11H2,1-2H3. The number of benzene rings is 1. The van der Waals surface area contributed by atoms with E-state index in [1.807, 2.05) is 32.3 Å². The van der Waals surface area contributed by atoms with Gasteiger partial charge in [-0.05, 0) is 60.0 Å². The molecule has 4 aromatic rings. The van der Waals surface area contributed by atoms with Crippen LogP contribution in [0.3, 0.4) is 0 Å². The Hall–Kier alpha value is -2.02. The van der Waals surface area contributed by atoms with Gasteiger partial charge in [-0.25, -0.2) is 9.67 Å². The number of rotatable bonds is 8. The average molecular weight is 492 g/mol. The van der Waals surface area contributed by atoms with Crippen LogP contribution >= 0.6 is 39.5 Å². The van der Waals surface area contributed by atoms with Crippen LogP contribution in [-0.4, -0.2) is 65.3 Å². The highest BCUT2D eigenvalue weighted by molar-refractivity contribution is 9.10. The summed E-state index contributed by atoms with van der Waals surface area (Å²) in [5.41, 5.74) is 1.21. The van der Waals surface area contributed by atoms with Gasteiger partial charge >= 0.3 is 0 Å². The summed E-state index contributed by atoms with van der Waals surface area (Å²) in [6.45, 7) is 1.56. The molecule has 3 aromatic heterocycles. The molecule has 0 spiro atoms. The van der Waals surface area contributed by atoms with Gasteiger partial charge in [0.2, 0.25) is 10.3 Å². The monoisotopic (exact) mass is 491 g/mol. The zero-order valence-electron chi connectivity index (χ0n) is 15.8. The molecule has 0 bridgehead atoms. The molecule has 0 N–H and O–H groups in total. The minimum atomic E-state index is 0.556. The molecule has 0 atom stereocenters. The van der Waals surface area contributed by atoms with Crippen LogP contribution in [-0.2, 0) is 12.3 Å². The molecule has 3 heterocycles. The number of aromatic nitrogens is 8. The Labute approximate surface area is 184 Å². The fourth-order valence-corrected chi connectivity index (χ4v) is 4.29. The SMILES string of the molecule is CN(C)CCn1nnnc1Sc1ccnc2nc(SCc3ccc(Br)cc3)nn12. The molecule has 0 radical (unpaired) electrons. The maximum absolute atomic E-state index is 4.62. The van der Waals surface area contributed by atoms with Gasteiger partial charge in [-0.15, -0.1) is 10.2 Å². The van der Waals surface area contributed by atoms with Crippen molar-refractivity contribution >= 4 is 45.2 Å². The Morgan fingerprint density at radius 3 is 2.76 bits per heavy atom. The van der Waals surface area contributed by atoms with Crippen LogP contribution < -0.4 is 0 Å². The van der Waals surface area contributed by atoms with E-state index in [9.17, 15) is 0 Å². The second-order valence-electron chi connectivity index (χ2n) is 6.39. The molecule has 12 heteroatoms. The zero-order valence-corrected chi connectivity index (χ0v) is 19.0. The summed E-state index contributed by atoms with van der Waals surface area (Å²) in [4.78, 5) is 11.0. The van der Waals surface area contributed by atoms with Gasteiger partial charge in [0.1, 0.15) is 5.03 Å². The predicted octanol–water partition coefficient (Wildman–Crippen LogP) is 2.88. The molecular weight excluding hydrogens is 474 g/mol. The number of fused-ring (bicyclic) bond motifs is 1. The topological polar surface area (TPSA) is 89.9 Å². The first-order chi connectivity index (χ1) is 14.1. The maximum atomic E-state index is 4.62. The number of tetrazole rings is 1. The van der Waals surface area contributed by atoms with Gasteiger partial charge in [0, 0.05) is 23.0 Å². The Morgan fingerprint density at radius 2 is 1.97 bits per heavy atom. The van der Waals surface area contributed by atoms with E-state index in [1.54, 1.807) is 27.2 Å². The van der Waals surface area contributed by atoms with Gasteiger partial charge in [-0.2, -0.15) is 9.50 Å². The zero-order chi connectivity index (χ0) is 20.2. The molecule has 0 saturated carbocycles. The second-order valence-corrected chi connectivity index (χ2v) is 9.24. The number of halogens is 1. The summed E-state index contributed by atoms with van der Waals surface area (Å²) in [6.07, 6.45) is 1.73. The van der Waals surface area contributed by atoms with Gasteiger partial charge in [0.25, 0.3) is 5.78 Å². The molecule has 1 aromatic carbocycles. The summed E-state index contributed by atoms with van der Waals surface area (Å²) < 4.78 is 4.59. The predicted molar refractivity (Wildman–Crippen MR) is 115 cm³/mol. The minimum absolute atomic E-state index is 0.556. The summed E-state index contributed by atoms with van der Waals surface area (Å²) in [5.74, 6) is 1.34. The van der Waals surface area contributed by atoms with E-state index in [0.29, 0.717) is 22.6 Å². The van der Waals surface area contributed by atoms with E-state index in [4.69, 9.17) is 0 Å². The molecule has 29 heavy (non-hydrogen) atoms. The lowest BCUT2D eigenvalue weighted by molar-refractivity contribution is 0.361. The van der Waals surface area contributed by atoms with E-state index in [-0.39, 0.29) is 0 Å². The summed E-state index contributed by atoms with van der Waals surface area (Å²) in [6, 6.07) is 10.1. The fraction of sp³-hybridized carbons (Fsp3) is 0.294. The first kappa shape index (κ1) is 20.3. The van der Waals surface area contributed by atoms with Gasteiger partial charge in [0.15, 0.2) is 0 Å². The number of nitrogens with zero attached hydrogens (tertiary/aromatic N) is 9. The first-order valence-electron chi connectivity index (χ1n) is 8.76. The van der Waals surface area contributed by atoms with Crippen molar-refractivity contribution in [2.45, 2.75) is 27.6 Å². The Kier molecular flexibility index (Phi) is 6.43. The molecule has 0 aliphatic heterocycles. The average Bonchev–Trinajstić information content (AvgIpc) is 3.33. The van der Waals surface area contributed by atoms with Crippen molar-refractivity contribution in [3.05, 3.63) is 46.6 Å². The quantitative estimate of drug-likeness (QED) is 0.272. The Balaban J connectivity index is 1.51. The molecular formula is C17H18BrN9S2. The smallest absolute Gasteiger partial charge is 0.254 e. The normalized spacial score (nSPS) is 11.6. The molecule has 0 aliphatic carbocycles. The van der Waals surface area contributed by atoms with Crippen LogP contribution in [0.2, 0.25) is 0 Å². The third-order valence-electron chi connectivity index (χ3n) is 3.92. The number of likely N-dealkylation sites (N-methyl/N-ethyl adjacent to an activating group) is 1. The van der Waals surface area contributed by atoms with E-state index >= 15 is 0 Å². The molecule has 0 fully saturated rings. The van der Waals surface area contributed by atoms with Crippen LogP contribution in [0.25, 0.3) is 5.78 Å². The van der Waals surface area contributed by atoms with Crippen molar-refractivity contribution in [3.63, 3.8) is 0 Å². The van der Waals surface area contributed by atoms with Gasteiger partial charge < -0.3 is 4.90 Å². The Morgan fingerprint density at radius 1 is 1.14 bits per heavy atom. The highest BCUT2D eigenvalue weighted by atomic mass is 79.9. The van der Waals surface area contributed by atoms with Crippen LogP contribution in [0.1, 0.15) is 5.56 Å². The van der Waals surface area contributed by atoms with Crippen molar-refractivity contribution in [1.82, 2.24) is 44.7 Å². The maximum Gasteiger partial charge on any atom is 0.254 e. The molecule has 150 valence electrons. The molecule has 0 amide bonds. The van der Waals surface area contributed by atoms with Crippen molar-refractivity contribution in [1.29, 1.82) is 0 Å². The van der Waals surface area contributed by atoms with E-state index in [2.05, 4.69) is 63.6 Å². The lowest BCUT2D eigenvalue weighted by atomic mass is 10.2. The summed E-state index contributed by atoms with van der Waals surface area (Å²) in [7, 11) is 4.04. The van der Waals surface area contributed by atoms with E-state index in [1.165, 1.54) is 17.3 Å². The van der Waals surface area contributed by atoms with Gasteiger partial charge in [-0.3, -0.25) is 0 Å². The lowest BCUT2D eigenvalue weighted by Gasteiger charge is -2.09. The van der Waals surface area contributed by atoms with Crippen LogP contribution in [0.4, 0.5) is 0 Å². The minimum Gasteiger partial charge on any atom is -0.308 e. The lowest BCUT2D eigenvalue weighted by Crippen LogP contribution is -2.19. The molecule has 0 saturated heterocycles. The van der Waals surface area contributed by atoms with Crippen molar-refractivity contribution in [3.8, 4) is 0 Å². The van der Waals surface area contributed by atoms with E-state index in [0.717, 1.165) is 21.8 Å². The van der Waals surface area contributed by atoms with Crippen molar-refractivity contribution in [2.75, 3.05) is 20.6 Å². The first-order valence-corrected chi connectivity index (χ1v) is 11.4. The molecule has 9 nitrogen and oxygen atoms in total. The number of thioether (sulfide) groups is 1. The molecule has 0 aliphatic rings. The van der Waals surface area contributed by atoms with Crippen molar-refractivity contribution in [2.24, 2.45) is 0 Å². The van der Waals surface area contributed by atoms with Gasteiger partial charge in [0.05, 0.1) is 6.54 Å². The summed E-state index contributed by atoms with van der Waals surface area (Å²) >= 11 is 6.48. The highest BCUT2D eigenvalue weighted by Gasteiger charge is 2.14. The highest BCUT2D eigenvalue weighted by Crippen LogP contribution is 2.27. The van der Waals surface area contributed by atoms with Crippen molar-refractivity contribution < 1.29 is 0 Å². The van der Waals surface area contributed by atoms with Crippen LogP contribution in [0, 0.1) is 0 Å². The third-order valence-corrected chi connectivity index (χ3v) is 6.35. The molecule has 0 unspecified atom stereocenters. The number of hydrogen-bond donors (Lipinski definition) is 0. The second kappa shape index (κ2) is 9.20. The van der Waals surface area contributed by atoms with Gasteiger partial charge in [-0.1, -0.05) is 39.8 Å². The van der Waals surface area contributed by atoms with Crippen LogP contribution in [0.5, 0.6) is 0 Å². The fourth-order valence-electron chi connectivity index (χ4n) is 2.42. The molecule has 4 rings (SSSR count). The largest absolute Gasteiger partial charge is 0.308 e. The third kappa shape index (κ3) is 5.13. The summed E-state index contributed by atoms with van der Waals surface area (Å²) in [5, 5.41) is 18.9. The Bertz CT molecular complexity index is 1090. The number of hydrogen-bond acceptors (Lipinski definition) is 9. The van der Waals surface area contributed by atoms with Crippen LogP contribution in [0.15, 0.2) is 56.3 Å². The van der Waals surface area contributed by atoms with E-state index < -0.39 is 0 Å².